The van der Waals surface area contributed by atoms with Crippen molar-refractivity contribution in [1.29, 1.82) is 5.26 Å². The molecule has 1 nitrogen and oxygen atoms in total. The van der Waals surface area contributed by atoms with Gasteiger partial charge >= 0.3 is 0 Å². The maximum Gasteiger partial charge on any atom is 0.0908 e. The Bertz CT molecular complexity index is 172. The summed E-state index contributed by atoms with van der Waals surface area (Å²) in [6, 6.07) is 1.99. The number of hydrogen-bond acceptors (Lipinski definition) is 1. The van der Waals surface area contributed by atoms with Gasteiger partial charge in [0.25, 0.3) is 0 Å². The lowest BCUT2D eigenvalue weighted by Crippen LogP contribution is -1.74. The summed E-state index contributed by atoms with van der Waals surface area (Å²) in [4.78, 5) is 0. The topological polar surface area (TPSA) is 23.8 Å². The minimum absolute atomic E-state index is 1.05. The predicted molar refractivity (Wildman–Crippen MR) is 52.7 cm³/mol. The van der Waals surface area contributed by atoms with E-state index in [9.17, 15) is 0 Å². The van der Waals surface area contributed by atoms with Crippen LogP contribution in [-0.4, -0.2) is 0 Å². The largest absolute Gasteiger partial charge is 0.193 e. The molecular weight excluding hydrogens is 146 g/mol. The molecule has 0 aromatic heterocycles. The second-order valence-corrected chi connectivity index (χ2v) is 2.74. The molecule has 0 atom stereocenters. The van der Waals surface area contributed by atoms with Crippen LogP contribution < -0.4 is 0 Å². The lowest BCUT2D eigenvalue weighted by molar-refractivity contribution is 0.696. The number of nitrogens with zero attached hydrogens (tertiary/aromatic N) is 1. The Labute approximate surface area is 75.4 Å². The van der Waals surface area contributed by atoms with Crippen LogP contribution in [0.25, 0.3) is 0 Å². The van der Waals surface area contributed by atoms with E-state index < -0.39 is 0 Å². The highest BCUT2D eigenvalue weighted by molar-refractivity contribution is 5.01. The summed E-state index contributed by atoms with van der Waals surface area (Å²) < 4.78 is 0. The van der Waals surface area contributed by atoms with Gasteiger partial charge in [-0.3, -0.25) is 0 Å². The van der Waals surface area contributed by atoms with Crippen LogP contribution in [-0.2, 0) is 0 Å². The van der Waals surface area contributed by atoms with E-state index in [1.165, 1.54) is 25.7 Å². The molecule has 0 aliphatic heterocycles. The van der Waals surface area contributed by atoms with Crippen molar-refractivity contribution in [2.75, 3.05) is 0 Å². The van der Waals surface area contributed by atoms with Crippen LogP contribution in [0.3, 0.4) is 0 Å². The molecular formula is C11H17N. The third kappa shape index (κ3) is 8.97. The SMILES string of the molecule is CC=CCCCCCC=CC#N. The van der Waals surface area contributed by atoms with Crippen LogP contribution in [0.15, 0.2) is 24.3 Å². The molecule has 0 aromatic carbocycles. The molecule has 0 radical (unpaired) electrons. The van der Waals surface area contributed by atoms with Gasteiger partial charge in [0.05, 0.1) is 6.07 Å². The van der Waals surface area contributed by atoms with Gasteiger partial charge in [-0.2, -0.15) is 5.26 Å². The van der Waals surface area contributed by atoms with Gasteiger partial charge in [0.15, 0.2) is 0 Å². The summed E-state index contributed by atoms with van der Waals surface area (Å²) in [7, 11) is 0. The Balaban J connectivity index is 3.02. The quantitative estimate of drug-likeness (QED) is 0.333. The van der Waals surface area contributed by atoms with Crippen LogP contribution >= 0.6 is 0 Å². The summed E-state index contributed by atoms with van der Waals surface area (Å²) in [6.07, 6.45) is 13.8. The number of nitriles is 1. The standard InChI is InChI=1S/C11H17N/c1-2-3-4-5-6-7-8-9-10-11-12/h2-3,9-10H,4-8H2,1H3. The van der Waals surface area contributed by atoms with Crippen molar-refractivity contribution >= 4 is 0 Å². The predicted octanol–water partition coefficient (Wildman–Crippen LogP) is 3.59. The summed E-state index contributed by atoms with van der Waals surface area (Å²) in [5, 5.41) is 8.19. The first-order chi connectivity index (χ1) is 5.91. The van der Waals surface area contributed by atoms with Gasteiger partial charge < -0.3 is 0 Å². The van der Waals surface area contributed by atoms with Gasteiger partial charge in [0.1, 0.15) is 0 Å². The number of allylic oxidation sites excluding steroid dienone is 4. The van der Waals surface area contributed by atoms with E-state index in [4.69, 9.17) is 5.26 Å². The van der Waals surface area contributed by atoms with Crippen molar-refractivity contribution in [3.05, 3.63) is 24.3 Å². The highest BCUT2D eigenvalue weighted by Gasteiger charge is 1.84. The van der Waals surface area contributed by atoms with Gasteiger partial charge in [0.2, 0.25) is 0 Å². The molecule has 0 heterocycles. The average Bonchev–Trinajstić information content (AvgIpc) is 2.10. The molecule has 66 valence electrons. The lowest BCUT2D eigenvalue weighted by Gasteiger charge is -1.93. The van der Waals surface area contributed by atoms with Gasteiger partial charge in [-0.15, -0.1) is 0 Å². The summed E-state index contributed by atoms with van der Waals surface area (Å²) in [6.45, 7) is 2.05. The third-order valence-corrected chi connectivity index (χ3v) is 1.67. The van der Waals surface area contributed by atoms with Gasteiger partial charge in [-0.25, -0.2) is 0 Å². The molecule has 0 aromatic rings. The minimum Gasteiger partial charge on any atom is -0.193 e. The number of unbranched alkanes of at least 4 members (excludes halogenated alkanes) is 4. The highest BCUT2D eigenvalue weighted by atomic mass is 14.2. The first-order valence-electron chi connectivity index (χ1n) is 4.57. The molecule has 1 heteroatoms. The van der Waals surface area contributed by atoms with E-state index in [-0.39, 0.29) is 0 Å². The van der Waals surface area contributed by atoms with E-state index in [1.807, 2.05) is 12.1 Å². The zero-order valence-corrected chi connectivity index (χ0v) is 7.79. The molecule has 0 saturated heterocycles. The van der Waals surface area contributed by atoms with E-state index in [1.54, 1.807) is 6.08 Å². The Kier molecular flexibility index (Phi) is 9.11. The smallest absolute Gasteiger partial charge is 0.0908 e. The Morgan fingerprint density at radius 3 is 2.33 bits per heavy atom. The number of rotatable bonds is 6. The van der Waals surface area contributed by atoms with E-state index >= 15 is 0 Å². The van der Waals surface area contributed by atoms with E-state index in [0.29, 0.717) is 0 Å². The highest BCUT2D eigenvalue weighted by Crippen LogP contribution is 2.03. The van der Waals surface area contributed by atoms with Crippen LogP contribution in [0.1, 0.15) is 39.0 Å². The molecule has 0 N–H and O–H groups in total. The fourth-order valence-corrected chi connectivity index (χ4v) is 1.00. The third-order valence-electron chi connectivity index (χ3n) is 1.67. The van der Waals surface area contributed by atoms with Crippen molar-refractivity contribution in [1.82, 2.24) is 0 Å². The van der Waals surface area contributed by atoms with Crippen molar-refractivity contribution < 1.29 is 0 Å². The zero-order valence-electron chi connectivity index (χ0n) is 7.79. The number of hydrogen-bond donors (Lipinski definition) is 0. The van der Waals surface area contributed by atoms with Crippen LogP contribution in [0.5, 0.6) is 0 Å². The molecule has 0 rings (SSSR count). The zero-order chi connectivity index (χ0) is 9.07. The maximum absolute atomic E-state index is 8.19. The molecule has 0 aliphatic rings. The molecule has 0 bridgehead atoms. The van der Waals surface area contributed by atoms with Crippen molar-refractivity contribution in [2.45, 2.75) is 39.0 Å². The molecule has 12 heavy (non-hydrogen) atoms. The Hall–Kier alpha value is -1.03. The molecule has 0 saturated carbocycles. The Morgan fingerprint density at radius 2 is 1.75 bits per heavy atom. The second-order valence-electron chi connectivity index (χ2n) is 2.74. The first-order valence-corrected chi connectivity index (χ1v) is 4.57. The maximum atomic E-state index is 8.19. The monoisotopic (exact) mass is 163 g/mol. The fraction of sp³-hybridized carbons (Fsp3) is 0.545. The molecule has 0 amide bonds. The van der Waals surface area contributed by atoms with E-state index in [0.717, 1.165) is 6.42 Å². The normalized spacial score (nSPS) is 11.0. The molecule has 0 fully saturated rings. The average molecular weight is 163 g/mol. The summed E-state index contributed by atoms with van der Waals surface area (Å²) >= 11 is 0. The molecule has 0 spiro atoms. The summed E-state index contributed by atoms with van der Waals surface area (Å²) in [5.41, 5.74) is 0. The van der Waals surface area contributed by atoms with Crippen molar-refractivity contribution in [2.24, 2.45) is 0 Å². The van der Waals surface area contributed by atoms with Gasteiger partial charge in [-0.1, -0.05) is 24.6 Å². The fourth-order valence-electron chi connectivity index (χ4n) is 1.00. The van der Waals surface area contributed by atoms with Gasteiger partial charge in [-0.05, 0) is 32.6 Å². The summed E-state index contributed by atoms with van der Waals surface area (Å²) in [5.74, 6) is 0. The second kappa shape index (κ2) is 9.97. The lowest BCUT2D eigenvalue weighted by atomic mass is 10.1. The van der Waals surface area contributed by atoms with Crippen LogP contribution in [0.4, 0.5) is 0 Å². The Morgan fingerprint density at radius 1 is 1.08 bits per heavy atom. The van der Waals surface area contributed by atoms with Crippen LogP contribution in [0, 0.1) is 11.3 Å². The van der Waals surface area contributed by atoms with Crippen molar-refractivity contribution in [3.8, 4) is 6.07 Å². The molecule has 0 unspecified atom stereocenters. The van der Waals surface area contributed by atoms with Crippen molar-refractivity contribution in [3.63, 3.8) is 0 Å². The van der Waals surface area contributed by atoms with Crippen LogP contribution in [0.2, 0.25) is 0 Å². The minimum atomic E-state index is 1.05. The molecule has 0 aliphatic carbocycles. The van der Waals surface area contributed by atoms with Gasteiger partial charge in [0, 0.05) is 6.08 Å². The van der Waals surface area contributed by atoms with E-state index in [2.05, 4.69) is 19.1 Å². The first kappa shape index (κ1) is 11.0.